The molecule has 2 heterocycles. The van der Waals surface area contributed by atoms with Crippen molar-refractivity contribution in [2.45, 2.75) is 52.6 Å². The molecule has 1 atom stereocenters. The van der Waals surface area contributed by atoms with Crippen molar-refractivity contribution in [1.82, 2.24) is 5.32 Å². The maximum absolute atomic E-state index is 5.44. The van der Waals surface area contributed by atoms with Gasteiger partial charge in [-0.25, -0.2) is 0 Å². The first-order chi connectivity index (χ1) is 8.58. The van der Waals surface area contributed by atoms with E-state index < -0.39 is 0 Å². The van der Waals surface area contributed by atoms with Gasteiger partial charge in [0.15, 0.2) is 0 Å². The minimum Gasteiger partial charge on any atom is -0.381 e. The summed E-state index contributed by atoms with van der Waals surface area (Å²) in [6.45, 7) is 10.9. The second-order valence-corrected chi connectivity index (χ2v) is 7.10. The van der Waals surface area contributed by atoms with Gasteiger partial charge in [-0.2, -0.15) is 0 Å². The standard InChI is InChI=1S/C15H25NOS/c1-10(2)15(14-9-11(3)18-12(14)4)16-13-5-7-17-8-6-13/h9-10,13,15-16H,5-8H2,1-4H3/t15-/m0/s1. The predicted octanol–water partition coefficient (Wildman–Crippen LogP) is 3.83. The molecule has 0 radical (unpaired) electrons. The molecule has 3 heteroatoms. The molecule has 1 N–H and O–H groups in total. The second kappa shape index (κ2) is 6.18. The van der Waals surface area contributed by atoms with Gasteiger partial charge in [0.2, 0.25) is 0 Å². The fourth-order valence-corrected chi connectivity index (χ4v) is 3.69. The molecule has 0 bridgehead atoms. The summed E-state index contributed by atoms with van der Waals surface area (Å²) in [5, 5.41) is 3.85. The van der Waals surface area contributed by atoms with Crippen molar-refractivity contribution < 1.29 is 4.74 Å². The predicted molar refractivity (Wildman–Crippen MR) is 78.3 cm³/mol. The van der Waals surface area contributed by atoms with Crippen LogP contribution >= 0.6 is 11.3 Å². The molecule has 1 aliphatic rings. The van der Waals surface area contributed by atoms with Crippen LogP contribution in [0, 0.1) is 19.8 Å². The van der Waals surface area contributed by atoms with E-state index in [-0.39, 0.29) is 0 Å². The number of ether oxygens (including phenoxy) is 1. The quantitative estimate of drug-likeness (QED) is 0.895. The molecule has 1 aliphatic heterocycles. The minimum atomic E-state index is 0.484. The molecule has 0 amide bonds. The molecule has 18 heavy (non-hydrogen) atoms. The highest BCUT2D eigenvalue weighted by Gasteiger charge is 2.23. The Balaban J connectivity index is 2.10. The van der Waals surface area contributed by atoms with Crippen molar-refractivity contribution >= 4 is 11.3 Å². The molecule has 2 rings (SSSR count). The molecule has 102 valence electrons. The van der Waals surface area contributed by atoms with E-state index in [0.29, 0.717) is 18.0 Å². The van der Waals surface area contributed by atoms with Crippen LogP contribution in [0.15, 0.2) is 6.07 Å². The molecule has 2 nitrogen and oxygen atoms in total. The summed E-state index contributed by atoms with van der Waals surface area (Å²) < 4.78 is 5.44. The van der Waals surface area contributed by atoms with Gasteiger partial charge in [-0.1, -0.05) is 13.8 Å². The summed E-state index contributed by atoms with van der Waals surface area (Å²) in [5.41, 5.74) is 1.50. The highest BCUT2D eigenvalue weighted by Crippen LogP contribution is 2.31. The van der Waals surface area contributed by atoms with E-state index in [1.54, 1.807) is 0 Å². The van der Waals surface area contributed by atoms with Crippen molar-refractivity contribution in [2.75, 3.05) is 13.2 Å². The van der Waals surface area contributed by atoms with Crippen molar-refractivity contribution in [3.8, 4) is 0 Å². The normalized spacial score (nSPS) is 19.4. The van der Waals surface area contributed by atoms with Crippen LogP contribution in [0.25, 0.3) is 0 Å². The Bertz CT molecular complexity index is 380. The zero-order chi connectivity index (χ0) is 13.1. The average Bonchev–Trinajstić information content (AvgIpc) is 2.66. The largest absolute Gasteiger partial charge is 0.381 e. The third-order valence-corrected chi connectivity index (χ3v) is 4.70. The highest BCUT2D eigenvalue weighted by molar-refractivity contribution is 7.12. The second-order valence-electron chi connectivity index (χ2n) is 5.64. The van der Waals surface area contributed by atoms with Crippen LogP contribution < -0.4 is 5.32 Å². The smallest absolute Gasteiger partial charge is 0.0480 e. The Kier molecular flexibility index (Phi) is 4.82. The molecule has 0 aliphatic carbocycles. The van der Waals surface area contributed by atoms with Crippen molar-refractivity contribution in [2.24, 2.45) is 5.92 Å². The molecule has 0 aromatic carbocycles. The van der Waals surface area contributed by atoms with Crippen LogP contribution in [0.5, 0.6) is 0 Å². The van der Waals surface area contributed by atoms with Gasteiger partial charge in [-0.05, 0) is 44.2 Å². The van der Waals surface area contributed by atoms with Gasteiger partial charge >= 0.3 is 0 Å². The molecule has 0 unspecified atom stereocenters. The third kappa shape index (κ3) is 3.34. The van der Waals surface area contributed by atoms with Gasteiger partial charge in [0.1, 0.15) is 0 Å². The fourth-order valence-electron chi connectivity index (χ4n) is 2.72. The van der Waals surface area contributed by atoms with Crippen LogP contribution in [0.1, 0.15) is 48.0 Å². The van der Waals surface area contributed by atoms with Crippen LogP contribution in [-0.4, -0.2) is 19.3 Å². The Morgan fingerprint density at radius 3 is 2.44 bits per heavy atom. The van der Waals surface area contributed by atoms with Crippen LogP contribution in [-0.2, 0) is 4.74 Å². The average molecular weight is 267 g/mol. The summed E-state index contributed by atoms with van der Waals surface area (Å²) in [6.07, 6.45) is 2.29. The van der Waals surface area contributed by atoms with E-state index >= 15 is 0 Å². The first-order valence-electron chi connectivity index (χ1n) is 6.98. The van der Waals surface area contributed by atoms with E-state index in [2.05, 4.69) is 39.1 Å². The molecule has 1 saturated heterocycles. The lowest BCUT2D eigenvalue weighted by Crippen LogP contribution is -2.39. The van der Waals surface area contributed by atoms with E-state index in [0.717, 1.165) is 26.1 Å². The van der Waals surface area contributed by atoms with Crippen LogP contribution in [0.2, 0.25) is 0 Å². The molecular formula is C15H25NOS. The Morgan fingerprint density at radius 1 is 1.28 bits per heavy atom. The SMILES string of the molecule is Cc1cc([C@@H](NC2CCOCC2)C(C)C)c(C)s1. The monoisotopic (exact) mass is 267 g/mol. The summed E-state index contributed by atoms with van der Waals surface area (Å²) in [5.74, 6) is 0.626. The van der Waals surface area contributed by atoms with Gasteiger partial charge in [0, 0.05) is 35.1 Å². The van der Waals surface area contributed by atoms with Gasteiger partial charge in [0.05, 0.1) is 0 Å². The lowest BCUT2D eigenvalue weighted by molar-refractivity contribution is 0.0728. The highest BCUT2D eigenvalue weighted by atomic mass is 32.1. The van der Waals surface area contributed by atoms with Crippen LogP contribution in [0.3, 0.4) is 0 Å². The summed E-state index contributed by atoms with van der Waals surface area (Å²) in [7, 11) is 0. The number of hydrogen-bond acceptors (Lipinski definition) is 3. The maximum Gasteiger partial charge on any atom is 0.0480 e. The van der Waals surface area contributed by atoms with Gasteiger partial charge < -0.3 is 10.1 Å². The van der Waals surface area contributed by atoms with Gasteiger partial charge in [-0.3, -0.25) is 0 Å². The van der Waals surface area contributed by atoms with E-state index in [1.165, 1.54) is 15.3 Å². The number of aryl methyl sites for hydroxylation is 2. The first kappa shape index (κ1) is 14.0. The van der Waals surface area contributed by atoms with E-state index in [4.69, 9.17) is 4.74 Å². The Hall–Kier alpha value is -0.380. The number of thiophene rings is 1. The molecule has 0 saturated carbocycles. The number of nitrogens with one attached hydrogen (secondary N) is 1. The number of rotatable bonds is 4. The summed E-state index contributed by atoms with van der Waals surface area (Å²) in [6, 6.07) is 3.46. The minimum absolute atomic E-state index is 0.484. The lowest BCUT2D eigenvalue weighted by Gasteiger charge is -2.31. The molecule has 1 aromatic rings. The van der Waals surface area contributed by atoms with E-state index in [1.807, 2.05) is 11.3 Å². The zero-order valence-electron chi connectivity index (χ0n) is 12.0. The fraction of sp³-hybridized carbons (Fsp3) is 0.733. The topological polar surface area (TPSA) is 21.3 Å². The first-order valence-corrected chi connectivity index (χ1v) is 7.80. The summed E-state index contributed by atoms with van der Waals surface area (Å²) >= 11 is 1.91. The molecular weight excluding hydrogens is 242 g/mol. The van der Waals surface area contributed by atoms with Crippen LogP contribution in [0.4, 0.5) is 0 Å². The van der Waals surface area contributed by atoms with Gasteiger partial charge in [-0.15, -0.1) is 11.3 Å². The van der Waals surface area contributed by atoms with Crippen molar-refractivity contribution in [1.29, 1.82) is 0 Å². The Labute approximate surface area is 115 Å². The van der Waals surface area contributed by atoms with Gasteiger partial charge in [0.25, 0.3) is 0 Å². The lowest BCUT2D eigenvalue weighted by atomic mass is 9.94. The summed E-state index contributed by atoms with van der Waals surface area (Å²) in [4.78, 5) is 2.88. The molecule has 1 aromatic heterocycles. The third-order valence-electron chi connectivity index (χ3n) is 3.72. The molecule has 0 spiro atoms. The Morgan fingerprint density at radius 2 is 1.94 bits per heavy atom. The zero-order valence-corrected chi connectivity index (χ0v) is 12.8. The van der Waals surface area contributed by atoms with Crippen molar-refractivity contribution in [3.05, 3.63) is 21.4 Å². The number of hydrogen-bond donors (Lipinski definition) is 1. The molecule has 1 fully saturated rings. The van der Waals surface area contributed by atoms with Crippen molar-refractivity contribution in [3.63, 3.8) is 0 Å². The van der Waals surface area contributed by atoms with E-state index in [9.17, 15) is 0 Å². The maximum atomic E-state index is 5.44.